The summed E-state index contributed by atoms with van der Waals surface area (Å²) < 4.78 is 0. The molecule has 0 saturated carbocycles. The first kappa shape index (κ1) is 22.4. The van der Waals surface area contributed by atoms with Crippen LogP contribution in [0.1, 0.15) is 54.4 Å². The summed E-state index contributed by atoms with van der Waals surface area (Å²) in [6.45, 7) is 10.5. The van der Waals surface area contributed by atoms with Gasteiger partial charge in [-0.15, -0.1) is 0 Å². The van der Waals surface area contributed by atoms with Crippen molar-refractivity contribution in [3.63, 3.8) is 0 Å². The topological polar surface area (TPSA) is 108 Å². The Kier molecular flexibility index (Phi) is 10.3. The molecule has 0 rings (SSSR count). The second-order valence-electron chi connectivity index (χ2n) is 5.83. The maximum Gasteiger partial charge on any atom is 0.573 e. The highest BCUT2D eigenvalue weighted by Crippen LogP contribution is 2.25. The Bertz CT molecular complexity index is 344. The minimum absolute atomic E-state index is 0.190. The molecular weight excluding hydrogens is 328 g/mol. The fraction of sp³-hybridized carbons (Fsp3) is 0.857. The summed E-state index contributed by atoms with van der Waals surface area (Å²) >= 11 is 0. The smallest absolute Gasteiger partial charge is 0.257 e. The van der Waals surface area contributed by atoms with Gasteiger partial charge in [0.15, 0.2) is 0 Å². The fourth-order valence-electron chi connectivity index (χ4n) is 1.22. The molecule has 0 aromatic heterocycles. The standard InChI is InChI=1S/C14H26O10/c1-7-17-19-11(15)21-23-13(3,4)9-10-14(5,6)24-22-12(16)20-18-8-2/h7-10H2,1-6H3. The summed E-state index contributed by atoms with van der Waals surface area (Å²) in [5, 5.41) is 0. The van der Waals surface area contributed by atoms with Gasteiger partial charge in [0.05, 0.1) is 13.2 Å². The van der Waals surface area contributed by atoms with Crippen LogP contribution in [0.15, 0.2) is 0 Å². The van der Waals surface area contributed by atoms with Gasteiger partial charge in [-0.3, -0.25) is 19.6 Å². The third kappa shape index (κ3) is 11.9. The van der Waals surface area contributed by atoms with Gasteiger partial charge in [0.2, 0.25) is 0 Å². The summed E-state index contributed by atoms with van der Waals surface area (Å²) in [6.07, 6.45) is -1.40. The van der Waals surface area contributed by atoms with Gasteiger partial charge in [-0.05, 0) is 54.4 Å². The van der Waals surface area contributed by atoms with Crippen LogP contribution in [-0.4, -0.2) is 36.7 Å². The van der Waals surface area contributed by atoms with Gasteiger partial charge in [0.1, 0.15) is 11.2 Å². The molecular formula is C14H26O10. The fourth-order valence-corrected chi connectivity index (χ4v) is 1.22. The normalized spacial score (nSPS) is 11.8. The largest absolute Gasteiger partial charge is 0.573 e. The van der Waals surface area contributed by atoms with Crippen molar-refractivity contribution in [2.24, 2.45) is 0 Å². The first-order chi connectivity index (χ1) is 11.1. The van der Waals surface area contributed by atoms with Gasteiger partial charge in [-0.25, -0.2) is 0 Å². The number of carbonyl (C=O) groups is 2. The van der Waals surface area contributed by atoms with Gasteiger partial charge in [-0.1, -0.05) is 0 Å². The van der Waals surface area contributed by atoms with Crippen molar-refractivity contribution in [1.29, 1.82) is 0 Å². The van der Waals surface area contributed by atoms with Crippen LogP contribution in [0.5, 0.6) is 0 Å². The van der Waals surface area contributed by atoms with E-state index in [1.165, 1.54) is 0 Å². The molecule has 0 unspecified atom stereocenters. The molecule has 0 heterocycles. The van der Waals surface area contributed by atoms with E-state index in [1.54, 1.807) is 41.5 Å². The molecule has 0 N–H and O–H groups in total. The Morgan fingerprint density at radius 2 is 1.00 bits per heavy atom. The minimum atomic E-state index is -1.11. The molecule has 0 spiro atoms. The number of rotatable bonds is 11. The zero-order chi connectivity index (χ0) is 18.6. The molecule has 0 amide bonds. The molecule has 0 bridgehead atoms. The summed E-state index contributed by atoms with van der Waals surface area (Å²) in [5.74, 6) is 0. The molecule has 142 valence electrons. The van der Waals surface area contributed by atoms with Gasteiger partial charge < -0.3 is 0 Å². The lowest BCUT2D eigenvalue weighted by Gasteiger charge is -2.27. The highest BCUT2D eigenvalue weighted by Gasteiger charge is 2.30. The molecule has 24 heavy (non-hydrogen) atoms. The van der Waals surface area contributed by atoms with Crippen molar-refractivity contribution >= 4 is 12.3 Å². The Hall–Kier alpha value is -1.62. The van der Waals surface area contributed by atoms with E-state index in [4.69, 9.17) is 9.78 Å². The van der Waals surface area contributed by atoms with Crippen molar-refractivity contribution in [2.45, 2.75) is 65.6 Å². The van der Waals surface area contributed by atoms with E-state index in [1.807, 2.05) is 0 Å². The second kappa shape index (κ2) is 11.0. The lowest BCUT2D eigenvalue weighted by Crippen LogP contribution is -2.33. The van der Waals surface area contributed by atoms with E-state index in [2.05, 4.69) is 29.3 Å². The van der Waals surface area contributed by atoms with Crippen LogP contribution < -0.4 is 0 Å². The first-order valence-electron chi connectivity index (χ1n) is 7.50. The second-order valence-corrected chi connectivity index (χ2v) is 5.83. The van der Waals surface area contributed by atoms with Gasteiger partial charge in [0.25, 0.3) is 0 Å². The lowest BCUT2D eigenvalue weighted by molar-refractivity contribution is -0.364. The summed E-state index contributed by atoms with van der Waals surface area (Å²) in [4.78, 5) is 58.5. The van der Waals surface area contributed by atoms with Crippen LogP contribution in [-0.2, 0) is 39.1 Å². The Morgan fingerprint density at radius 1 is 0.667 bits per heavy atom. The molecule has 10 heteroatoms. The molecule has 0 aliphatic rings. The van der Waals surface area contributed by atoms with E-state index >= 15 is 0 Å². The van der Waals surface area contributed by atoms with Gasteiger partial charge in [0, 0.05) is 0 Å². The van der Waals surface area contributed by atoms with E-state index in [9.17, 15) is 9.59 Å². The van der Waals surface area contributed by atoms with Crippen LogP contribution in [0.25, 0.3) is 0 Å². The van der Waals surface area contributed by atoms with Gasteiger partial charge >= 0.3 is 12.3 Å². The monoisotopic (exact) mass is 354 g/mol. The predicted molar refractivity (Wildman–Crippen MR) is 77.9 cm³/mol. The highest BCUT2D eigenvalue weighted by molar-refractivity contribution is 5.58. The average molecular weight is 354 g/mol. The molecule has 10 nitrogen and oxygen atoms in total. The summed E-state index contributed by atoms with van der Waals surface area (Å²) in [5.41, 5.74) is -1.67. The van der Waals surface area contributed by atoms with Crippen LogP contribution in [0, 0.1) is 0 Å². The Balaban J connectivity index is 4.12. The summed E-state index contributed by atoms with van der Waals surface area (Å²) in [6, 6.07) is 0. The van der Waals surface area contributed by atoms with E-state index in [0.717, 1.165) is 0 Å². The lowest BCUT2D eigenvalue weighted by atomic mass is 9.94. The molecule has 0 aromatic carbocycles. The van der Waals surface area contributed by atoms with Crippen LogP contribution in [0.4, 0.5) is 9.59 Å². The summed E-state index contributed by atoms with van der Waals surface area (Å²) in [7, 11) is 0. The first-order valence-corrected chi connectivity index (χ1v) is 7.50. The maximum atomic E-state index is 11.1. The Morgan fingerprint density at radius 3 is 1.29 bits per heavy atom. The molecule has 0 fully saturated rings. The van der Waals surface area contributed by atoms with Gasteiger partial charge in [-0.2, -0.15) is 29.1 Å². The number of carbonyl (C=O) groups excluding carboxylic acids is 2. The van der Waals surface area contributed by atoms with E-state index in [0.29, 0.717) is 12.8 Å². The predicted octanol–water partition coefficient (Wildman–Crippen LogP) is 3.40. The van der Waals surface area contributed by atoms with E-state index < -0.39 is 23.5 Å². The molecule has 0 radical (unpaired) electrons. The van der Waals surface area contributed by atoms with Crippen LogP contribution in [0.3, 0.4) is 0 Å². The van der Waals surface area contributed by atoms with Crippen molar-refractivity contribution in [2.75, 3.05) is 13.2 Å². The number of hydrogen-bond acceptors (Lipinski definition) is 10. The van der Waals surface area contributed by atoms with Crippen LogP contribution in [0.2, 0.25) is 0 Å². The molecule has 0 aromatic rings. The quantitative estimate of drug-likeness (QED) is 0.404. The third-order valence-electron chi connectivity index (χ3n) is 2.49. The SMILES string of the molecule is CCOOC(=O)OOC(C)(C)CCC(C)(C)OOC(=O)OOCC. The number of hydrogen-bond donors (Lipinski definition) is 0. The van der Waals surface area contributed by atoms with Crippen molar-refractivity contribution < 1.29 is 48.7 Å². The minimum Gasteiger partial charge on any atom is -0.257 e. The van der Waals surface area contributed by atoms with Crippen molar-refractivity contribution in [3.05, 3.63) is 0 Å². The molecule has 0 atom stereocenters. The molecule has 0 aliphatic carbocycles. The van der Waals surface area contributed by atoms with Crippen LogP contribution >= 0.6 is 0 Å². The zero-order valence-electron chi connectivity index (χ0n) is 14.9. The molecule has 0 saturated heterocycles. The van der Waals surface area contributed by atoms with E-state index in [-0.39, 0.29) is 13.2 Å². The average Bonchev–Trinajstić information content (AvgIpc) is 2.53. The highest BCUT2D eigenvalue weighted by atomic mass is 17.3. The zero-order valence-corrected chi connectivity index (χ0v) is 14.9. The van der Waals surface area contributed by atoms with Crippen molar-refractivity contribution in [1.82, 2.24) is 0 Å². The maximum absolute atomic E-state index is 11.1. The third-order valence-corrected chi connectivity index (χ3v) is 2.49. The van der Waals surface area contributed by atoms with Crippen molar-refractivity contribution in [3.8, 4) is 0 Å². The molecule has 0 aliphatic heterocycles. The Labute approximate surface area is 140 Å².